The number of rotatable bonds is 2. The molecule has 2 bridgehead atoms. The molecule has 0 saturated carbocycles. The van der Waals surface area contributed by atoms with Gasteiger partial charge >= 0.3 is 0 Å². The molecule has 4 aliphatic heterocycles. The summed E-state index contributed by atoms with van der Waals surface area (Å²) in [5.41, 5.74) is 1.11. The van der Waals surface area contributed by atoms with Crippen molar-refractivity contribution < 1.29 is 8.78 Å². The number of nitrogens with zero attached hydrogens (tertiary/aromatic N) is 4. The van der Waals surface area contributed by atoms with Crippen LogP contribution in [0.4, 0.5) is 14.6 Å². The largest absolute Gasteiger partial charge is 0.351 e. The highest BCUT2D eigenvalue weighted by atomic mass is 19.1. The zero-order valence-corrected chi connectivity index (χ0v) is 14.9. The van der Waals surface area contributed by atoms with Gasteiger partial charge in [-0.1, -0.05) is 6.07 Å². The second kappa shape index (κ2) is 6.28. The number of hydrogen-bond acceptors (Lipinski definition) is 4. The Bertz CT molecular complexity index is 896. The highest BCUT2D eigenvalue weighted by Gasteiger charge is 2.53. The lowest BCUT2D eigenvalue weighted by Gasteiger charge is -2.51. The molecule has 0 amide bonds. The highest BCUT2D eigenvalue weighted by molar-refractivity contribution is 5.48. The molecular weight excluding hydrogens is 346 g/mol. The summed E-state index contributed by atoms with van der Waals surface area (Å²) in [7, 11) is 0. The molecule has 4 fully saturated rings. The summed E-state index contributed by atoms with van der Waals surface area (Å²) in [6.45, 7) is 2.74. The first-order chi connectivity index (χ1) is 13.1. The van der Waals surface area contributed by atoms with E-state index in [0.29, 0.717) is 23.7 Å². The molecule has 0 spiro atoms. The number of anilines is 1. The quantitative estimate of drug-likeness (QED) is 0.818. The number of halogens is 2. The Morgan fingerprint density at radius 2 is 1.78 bits per heavy atom. The molecule has 3 atom stereocenters. The predicted octanol–water partition coefficient (Wildman–Crippen LogP) is 3.30. The van der Waals surface area contributed by atoms with E-state index in [-0.39, 0.29) is 18.0 Å². The molecule has 5 heterocycles. The summed E-state index contributed by atoms with van der Waals surface area (Å²) in [4.78, 5) is 9.26. The Morgan fingerprint density at radius 1 is 1.04 bits per heavy atom. The first-order valence-electron chi connectivity index (χ1n) is 9.48. The smallest absolute Gasteiger partial charge is 0.142 e. The Balaban J connectivity index is 1.58. The third-order valence-electron chi connectivity index (χ3n) is 6.45. The average molecular weight is 366 g/mol. The fraction of sp³-hybridized carbons (Fsp3) is 0.429. The maximum atomic E-state index is 13.9. The van der Waals surface area contributed by atoms with Crippen LogP contribution in [0.5, 0.6) is 0 Å². The van der Waals surface area contributed by atoms with Crippen LogP contribution in [-0.4, -0.2) is 41.6 Å². The van der Waals surface area contributed by atoms with Gasteiger partial charge in [-0.15, -0.1) is 0 Å². The number of nitriles is 1. The van der Waals surface area contributed by atoms with Crippen molar-refractivity contribution in [3.63, 3.8) is 0 Å². The van der Waals surface area contributed by atoms with E-state index in [0.717, 1.165) is 37.8 Å². The van der Waals surface area contributed by atoms with Crippen molar-refractivity contribution in [1.29, 1.82) is 5.26 Å². The molecule has 138 valence electrons. The summed E-state index contributed by atoms with van der Waals surface area (Å²) in [6, 6.07) is 12.0. The van der Waals surface area contributed by atoms with E-state index in [1.165, 1.54) is 12.1 Å². The molecular formula is C21H20F2N4. The normalized spacial score (nSPS) is 31.6. The zero-order chi connectivity index (χ0) is 18.5. The van der Waals surface area contributed by atoms with E-state index in [1.807, 2.05) is 12.1 Å². The van der Waals surface area contributed by atoms with Crippen LogP contribution in [0.25, 0.3) is 0 Å². The fourth-order valence-electron chi connectivity index (χ4n) is 5.41. The Labute approximate surface area is 157 Å². The predicted molar refractivity (Wildman–Crippen MR) is 97.3 cm³/mol. The van der Waals surface area contributed by atoms with Gasteiger partial charge in [0.2, 0.25) is 0 Å². The van der Waals surface area contributed by atoms with Crippen molar-refractivity contribution in [2.24, 2.45) is 5.92 Å². The van der Waals surface area contributed by atoms with E-state index >= 15 is 0 Å². The number of benzene rings is 1. The van der Waals surface area contributed by atoms with Crippen molar-refractivity contribution in [2.45, 2.75) is 30.8 Å². The van der Waals surface area contributed by atoms with Gasteiger partial charge in [0, 0.05) is 30.6 Å². The zero-order valence-electron chi connectivity index (χ0n) is 14.9. The van der Waals surface area contributed by atoms with Crippen LogP contribution in [0.3, 0.4) is 0 Å². The maximum Gasteiger partial charge on any atom is 0.142 e. The van der Waals surface area contributed by atoms with Crippen molar-refractivity contribution in [3.05, 3.63) is 59.3 Å². The van der Waals surface area contributed by atoms with Crippen LogP contribution in [0.2, 0.25) is 0 Å². The van der Waals surface area contributed by atoms with E-state index < -0.39 is 11.6 Å². The maximum absolute atomic E-state index is 13.9. The molecule has 6 rings (SSSR count). The summed E-state index contributed by atoms with van der Waals surface area (Å²) in [6.07, 6.45) is 2.28. The molecule has 0 radical (unpaired) electrons. The topological polar surface area (TPSA) is 43.2 Å². The SMILES string of the molecule is N#Cc1cccc(N2C[C@@H](c3cc(F)cc(F)c3)[C@@H]3[C@H]2C2CCN3CC2)n1. The van der Waals surface area contributed by atoms with Gasteiger partial charge in [-0.05, 0) is 61.7 Å². The Hall–Kier alpha value is -2.52. The molecule has 4 aliphatic rings. The number of pyridine rings is 1. The molecule has 0 unspecified atom stereocenters. The van der Waals surface area contributed by atoms with E-state index in [4.69, 9.17) is 0 Å². The summed E-state index contributed by atoms with van der Waals surface area (Å²) >= 11 is 0. The average Bonchev–Trinajstić information content (AvgIpc) is 3.11. The third kappa shape index (κ3) is 2.69. The van der Waals surface area contributed by atoms with Gasteiger partial charge in [0.05, 0.1) is 0 Å². The minimum absolute atomic E-state index is 0.0239. The van der Waals surface area contributed by atoms with Gasteiger partial charge < -0.3 is 4.90 Å². The van der Waals surface area contributed by atoms with Crippen LogP contribution < -0.4 is 4.90 Å². The van der Waals surface area contributed by atoms with Crippen LogP contribution in [0.1, 0.15) is 30.0 Å². The highest BCUT2D eigenvalue weighted by Crippen LogP contribution is 2.47. The second-order valence-electron chi connectivity index (χ2n) is 7.81. The molecule has 1 aromatic carbocycles. The Kier molecular flexibility index (Phi) is 3.87. The molecule has 0 aliphatic carbocycles. The lowest BCUT2D eigenvalue weighted by Crippen LogP contribution is -2.60. The van der Waals surface area contributed by atoms with Crippen molar-refractivity contribution in [2.75, 3.05) is 24.5 Å². The summed E-state index contributed by atoms with van der Waals surface area (Å²) < 4.78 is 27.8. The van der Waals surface area contributed by atoms with Crippen molar-refractivity contribution >= 4 is 5.82 Å². The molecule has 6 heteroatoms. The lowest BCUT2D eigenvalue weighted by molar-refractivity contribution is 0.0354. The van der Waals surface area contributed by atoms with Gasteiger partial charge in [-0.3, -0.25) is 4.90 Å². The van der Waals surface area contributed by atoms with Gasteiger partial charge in [-0.25, -0.2) is 13.8 Å². The van der Waals surface area contributed by atoms with Crippen LogP contribution in [0, 0.1) is 28.9 Å². The van der Waals surface area contributed by atoms with Gasteiger partial charge in [0.1, 0.15) is 29.2 Å². The van der Waals surface area contributed by atoms with Crippen LogP contribution >= 0.6 is 0 Å². The van der Waals surface area contributed by atoms with Crippen LogP contribution in [0.15, 0.2) is 36.4 Å². The first kappa shape index (κ1) is 16.6. The first-order valence-corrected chi connectivity index (χ1v) is 9.48. The molecule has 2 aromatic rings. The molecule has 27 heavy (non-hydrogen) atoms. The standard InChI is InChI=1S/C21H20F2N4/c22-15-8-14(9-16(23)10-15)18-12-27(19-3-1-2-17(11-24)25-19)20-13-4-6-26(7-5-13)21(18)20/h1-3,8-10,13,18,20-21H,4-7,12H2/t18-,20+,21+/m0/s1. The minimum atomic E-state index is -0.527. The number of fused-ring (bicyclic) bond motifs is 2. The lowest BCUT2D eigenvalue weighted by atomic mass is 9.75. The Morgan fingerprint density at radius 3 is 2.48 bits per heavy atom. The van der Waals surface area contributed by atoms with E-state index in [1.54, 1.807) is 6.07 Å². The van der Waals surface area contributed by atoms with Crippen molar-refractivity contribution in [1.82, 2.24) is 9.88 Å². The third-order valence-corrected chi connectivity index (χ3v) is 6.45. The fourth-order valence-corrected chi connectivity index (χ4v) is 5.41. The van der Waals surface area contributed by atoms with Gasteiger partial charge in [0.25, 0.3) is 0 Å². The molecule has 4 saturated heterocycles. The van der Waals surface area contributed by atoms with E-state index in [2.05, 4.69) is 20.9 Å². The van der Waals surface area contributed by atoms with E-state index in [9.17, 15) is 14.0 Å². The van der Waals surface area contributed by atoms with Crippen molar-refractivity contribution in [3.8, 4) is 6.07 Å². The minimum Gasteiger partial charge on any atom is -0.351 e. The second-order valence-corrected chi connectivity index (χ2v) is 7.81. The molecule has 1 aromatic heterocycles. The summed E-state index contributed by atoms with van der Waals surface area (Å²) in [5.74, 6) is 0.310. The van der Waals surface area contributed by atoms with Crippen LogP contribution in [-0.2, 0) is 0 Å². The number of aromatic nitrogens is 1. The molecule has 4 nitrogen and oxygen atoms in total. The summed E-state index contributed by atoms with van der Waals surface area (Å²) in [5, 5.41) is 9.21. The number of piperidine rings is 3. The monoisotopic (exact) mass is 366 g/mol. The van der Waals surface area contributed by atoms with Gasteiger partial charge in [0.15, 0.2) is 0 Å². The number of hydrogen-bond donors (Lipinski definition) is 0. The molecule has 0 N–H and O–H groups in total. The van der Waals surface area contributed by atoms with Gasteiger partial charge in [-0.2, -0.15) is 5.26 Å².